The molecule has 0 unspecified atom stereocenters. The van der Waals surface area contributed by atoms with Crippen molar-refractivity contribution in [2.24, 2.45) is 5.73 Å². The molecule has 1 aromatic carbocycles. The number of nitrogens with two attached hydrogens (primary N) is 1. The summed E-state index contributed by atoms with van der Waals surface area (Å²) in [4.78, 5) is 37.6. The van der Waals surface area contributed by atoms with Crippen molar-refractivity contribution in [2.75, 3.05) is 0 Å². The molecule has 0 saturated carbocycles. The van der Waals surface area contributed by atoms with Gasteiger partial charge in [-0.05, 0) is 56.7 Å². The number of halogens is 1. The summed E-state index contributed by atoms with van der Waals surface area (Å²) in [6, 6.07) is 8.40. The first-order valence-corrected chi connectivity index (χ1v) is 11.0. The summed E-state index contributed by atoms with van der Waals surface area (Å²) in [7, 11) is 0. The standard InChI is InChI=1S/C25H19ClN4O5/c1-11-6-15(13(3)34-18-4-5-19(26)30-20(18)24(27)32)23-16(7-11)21(31)12(2)22(35-23)14-8-17-25(28-9-14)33-10-29-17/h4-10,13H,1-3H3,(H2,27,32)/t13-/m1/s1. The molecule has 0 saturated heterocycles. The number of ether oxygens (including phenoxy) is 1. The topological polar surface area (TPSA) is 134 Å². The second-order valence-corrected chi connectivity index (χ2v) is 8.51. The summed E-state index contributed by atoms with van der Waals surface area (Å²) in [6.45, 7) is 5.35. The van der Waals surface area contributed by atoms with Crippen LogP contribution in [0.3, 0.4) is 0 Å². The second-order valence-electron chi connectivity index (χ2n) is 8.12. The van der Waals surface area contributed by atoms with Crippen LogP contribution in [0.25, 0.3) is 33.5 Å². The van der Waals surface area contributed by atoms with Crippen molar-refractivity contribution in [3.8, 4) is 17.1 Å². The lowest BCUT2D eigenvalue weighted by molar-refractivity contribution is 0.0988. The predicted molar refractivity (Wildman–Crippen MR) is 130 cm³/mol. The van der Waals surface area contributed by atoms with E-state index in [1.807, 2.05) is 13.0 Å². The average Bonchev–Trinajstić information content (AvgIpc) is 3.30. The van der Waals surface area contributed by atoms with Crippen molar-refractivity contribution in [1.82, 2.24) is 15.0 Å². The van der Waals surface area contributed by atoms with E-state index in [1.54, 1.807) is 32.2 Å². The highest BCUT2D eigenvalue weighted by atomic mass is 35.5. The fourth-order valence-electron chi connectivity index (χ4n) is 3.97. The maximum atomic E-state index is 13.4. The van der Waals surface area contributed by atoms with Gasteiger partial charge < -0.3 is 19.3 Å². The highest BCUT2D eigenvalue weighted by Crippen LogP contribution is 2.34. The number of amides is 1. The first kappa shape index (κ1) is 22.5. The molecule has 5 aromatic rings. The van der Waals surface area contributed by atoms with E-state index in [1.165, 1.54) is 18.5 Å². The molecule has 5 rings (SSSR count). The van der Waals surface area contributed by atoms with Gasteiger partial charge in [0.2, 0.25) is 5.71 Å². The van der Waals surface area contributed by atoms with Crippen LogP contribution < -0.4 is 15.9 Å². The van der Waals surface area contributed by atoms with Gasteiger partial charge in [-0.1, -0.05) is 11.6 Å². The smallest absolute Gasteiger partial charge is 0.271 e. The Balaban J connectivity index is 1.67. The van der Waals surface area contributed by atoms with E-state index in [0.29, 0.717) is 44.7 Å². The van der Waals surface area contributed by atoms with Crippen LogP contribution in [0.15, 0.2) is 56.6 Å². The Bertz CT molecular complexity index is 1690. The second kappa shape index (κ2) is 8.52. The fourth-order valence-corrected chi connectivity index (χ4v) is 4.12. The van der Waals surface area contributed by atoms with Gasteiger partial charge in [-0.25, -0.2) is 15.0 Å². The van der Waals surface area contributed by atoms with Gasteiger partial charge in [0.25, 0.3) is 5.91 Å². The van der Waals surface area contributed by atoms with Crippen molar-refractivity contribution >= 4 is 39.7 Å². The van der Waals surface area contributed by atoms with Crippen LogP contribution in [0.1, 0.15) is 40.2 Å². The number of aryl methyl sites for hydroxylation is 1. The number of aromatic nitrogens is 3. The predicted octanol–water partition coefficient (Wildman–Crippen LogP) is 4.90. The number of hydrogen-bond donors (Lipinski definition) is 1. The van der Waals surface area contributed by atoms with Gasteiger partial charge in [0.1, 0.15) is 28.1 Å². The zero-order valence-electron chi connectivity index (χ0n) is 19.0. The molecule has 176 valence electrons. The Hall–Kier alpha value is -4.24. The van der Waals surface area contributed by atoms with E-state index >= 15 is 0 Å². The molecule has 0 spiro atoms. The molecule has 0 fully saturated rings. The normalized spacial score (nSPS) is 12.2. The monoisotopic (exact) mass is 490 g/mol. The van der Waals surface area contributed by atoms with Crippen molar-refractivity contribution in [3.63, 3.8) is 0 Å². The Morgan fingerprint density at radius 2 is 1.97 bits per heavy atom. The maximum Gasteiger partial charge on any atom is 0.271 e. The highest BCUT2D eigenvalue weighted by Gasteiger charge is 2.22. The van der Waals surface area contributed by atoms with Crippen LogP contribution in [0.2, 0.25) is 5.15 Å². The van der Waals surface area contributed by atoms with Gasteiger partial charge >= 0.3 is 0 Å². The minimum atomic E-state index is -0.774. The van der Waals surface area contributed by atoms with Crippen LogP contribution in [-0.4, -0.2) is 20.9 Å². The summed E-state index contributed by atoms with van der Waals surface area (Å²) in [6.07, 6.45) is 2.24. The number of hydrogen-bond acceptors (Lipinski definition) is 8. The van der Waals surface area contributed by atoms with Gasteiger partial charge in [0.15, 0.2) is 23.3 Å². The van der Waals surface area contributed by atoms with Crippen molar-refractivity contribution < 1.29 is 18.4 Å². The van der Waals surface area contributed by atoms with Gasteiger partial charge in [-0.2, -0.15) is 0 Å². The van der Waals surface area contributed by atoms with E-state index in [0.717, 1.165) is 5.56 Å². The molecule has 0 aliphatic heterocycles. The highest BCUT2D eigenvalue weighted by molar-refractivity contribution is 6.29. The molecule has 4 heterocycles. The molecule has 35 heavy (non-hydrogen) atoms. The largest absolute Gasteiger partial charge is 0.483 e. The molecule has 0 bridgehead atoms. The molecule has 2 N–H and O–H groups in total. The van der Waals surface area contributed by atoms with Crippen molar-refractivity contribution in [2.45, 2.75) is 26.9 Å². The zero-order valence-corrected chi connectivity index (χ0v) is 19.7. The lowest BCUT2D eigenvalue weighted by atomic mass is 10.00. The number of carbonyl (C=O) groups excluding carboxylic acids is 1. The number of oxazole rings is 1. The maximum absolute atomic E-state index is 13.4. The first-order valence-electron chi connectivity index (χ1n) is 10.6. The molecular formula is C25H19ClN4O5. The Kier molecular flexibility index (Phi) is 5.49. The van der Waals surface area contributed by atoms with E-state index < -0.39 is 12.0 Å². The SMILES string of the molecule is Cc1cc([C@@H](C)Oc2ccc(Cl)nc2C(N)=O)c2oc(-c3cnc4ocnc4c3)c(C)c(=O)c2c1. The van der Waals surface area contributed by atoms with Crippen LogP contribution in [0.4, 0.5) is 0 Å². The number of benzene rings is 1. The molecule has 0 aliphatic carbocycles. The Morgan fingerprint density at radius 1 is 1.17 bits per heavy atom. The van der Waals surface area contributed by atoms with E-state index in [-0.39, 0.29) is 22.0 Å². The van der Waals surface area contributed by atoms with Gasteiger partial charge in [0.05, 0.1) is 5.39 Å². The summed E-state index contributed by atoms with van der Waals surface area (Å²) >= 11 is 5.91. The van der Waals surface area contributed by atoms with Gasteiger partial charge in [-0.3, -0.25) is 9.59 Å². The number of nitrogens with zero attached hydrogens (tertiary/aromatic N) is 3. The third-order valence-electron chi connectivity index (χ3n) is 5.64. The quantitative estimate of drug-likeness (QED) is 0.344. The first-order chi connectivity index (χ1) is 16.7. The van der Waals surface area contributed by atoms with Crippen LogP contribution in [0, 0.1) is 13.8 Å². The summed E-state index contributed by atoms with van der Waals surface area (Å²) < 4.78 is 17.6. The number of primary amides is 1. The Labute approximate surface area is 203 Å². The van der Waals surface area contributed by atoms with Crippen LogP contribution in [0.5, 0.6) is 5.75 Å². The molecule has 1 atom stereocenters. The van der Waals surface area contributed by atoms with Gasteiger partial charge in [-0.15, -0.1) is 0 Å². The molecule has 0 aliphatic rings. The van der Waals surface area contributed by atoms with E-state index in [4.69, 9.17) is 30.9 Å². The molecule has 1 amide bonds. The van der Waals surface area contributed by atoms with E-state index in [2.05, 4.69) is 15.0 Å². The fraction of sp³-hybridized carbons (Fsp3) is 0.160. The summed E-state index contributed by atoms with van der Waals surface area (Å²) in [5.41, 5.74) is 8.94. The number of rotatable bonds is 5. The molecule has 4 aromatic heterocycles. The minimum absolute atomic E-state index is 0.0914. The zero-order chi connectivity index (χ0) is 24.9. The number of carbonyl (C=O) groups is 1. The summed E-state index contributed by atoms with van der Waals surface area (Å²) in [5, 5.41) is 0.528. The lowest BCUT2D eigenvalue weighted by Crippen LogP contribution is -2.17. The van der Waals surface area contributed by atoms with Crippen LogP contribution >= 0.6 is 11.6 Å². The summed E-state index contributed by atoms with van der Waals surface area (Å²) in [5.74, 6) is -0.244. The number of pyridine rings is 2. The molecular weight excluding hydrogens is 472 g/mol. The molecule has 9 nitrogen and oxygen atoms in total. The van der Waals surface area contributed by atoms with Crippen molar-refractivity contribution in [1.29, 1.82) is 0 Å². The van der Waals surface area contributed by atoms with Crippen molar-refractivity contribution in [3.05, 3.63) is 80.7 Å². The molecule has 10 heteroatoms. The van der Waals surface area contributed by atoms with E-state index in [9.17, 15) is 9.59 Å². The van der Waals surface area contributed by atoms with Crippen LogP contribution in [-0.2, 0) is 0 Å². The molecule has 0 radical (unpaired) electrons. The van der Waals surface area contributed by atoms with Gasteiger partial charge in [0, 0.05) is 22.9 Å². The third-order valence-corrected chi connectivity index (χ3v) is 5.85. The third kappa shape index (κ3) is 4.00. The Morgan fingerprint density at radius 3 is 2.74 bits per heavy atom. The average molecular weight is 491 g/mol. The minimum Gasteiger partial charge on any atom is -0.483 e. The number of fused-ring (bicyclic) bond motifs is 2. The lowest BCUT2D eigenvalue weighted by Gasteiger charge is -2.19.